The summed E-state index contributed by atoms with van der Waals surface area (Å²) in [6.07, 6.45) is 6.84. The van der Waals surface area contributed by atoms with Gasteiger partial charge in [-0.2, -0.15) is 0 Å². The second-order valence-electron chi connectivity index (χ2n) is 10.7. The first-order valence-corrected chi connectivity index (χ1v) is 12.6. The maximum atomic E-state index is 12.9. The molecule has 0 radical (unpaired) electrons. The molecule has 0 aromatic heterocycles. The number of fused-ring (bicyclic) bond motifs is 1. The van der Waals surface area contributed by atoms with E-state index < -0.39 is 5.60 Å². The van der Waals surface area contributed by atoms with Crippen molar-refractivity contribution in [1.82, 2.24) is 5.32 Å². The van der Waals surface area contributed by atoms with E-state index in [1.165, 1.54) is 11.1 Å². The minimum atomic E-state index is -1.52. The Bertz CT molecular complexity index is 1040. The number of rotatable bonds is 10. The molecule has 2 aromatic rings. The molecule has 34 heavy (non-hydrogen) atoms. The zero-order valence-corrected chi connectivity index (χ0v) is 21.7. The highest BCUT2D eigenvalue weighted by Crippen LogP contribution is 2.38. The number of hydrogen-bond donors (Lipinski definition) is 2. The van der Waals surface area contributed by atoms with Crippen molar-refractivity contribution in [3.63, 3.8) is 0 Å². The molecule has 3 rings (SSSR count). The van der Waals surface area contributed by atoms with Crippen LogP contribution < -0.4 is 10.1 Å². The second-order valence-corrected chi connectivity index (χ2v) is 10.7. The highest BCUT2D eigenvalue weighted by atomic mass is 16.5. The fraction of sp³-hybridized carbons (Fsp3) is 0.500. The van der Waals surface area contributed by atoms with Gasteiger partial charge in [0, 0.05) is 24.1 Å². The summed E-state index contributed by atoms with van der Waals surface area (Å²) in [6, 6.07) is 14.1. The molecule has 0 aliphatic heterocycles. The van der Waals surface area contributed by atoms with Gasteiger partial charge in [0.05, 0.1) is 6.61 Å². The molecule has 184 valence electrons. The minimum Gasteiger partial charge on any atom is -0.493 e. The number of hydrogen-bond acceptors (Lipinski definition) is 3. The van der Waals surface area contributed by atoms with Gasteiger partial charge < -0.3 is 15.2 Å². The molecule has 1 atom stereocenters. The number of carbonyl (C=O) groups is 1. The summed E-state index contributed by atoms with van der Waals surface area (Å²) >= 11 is 0. The zero-order valence-electron chi connectivity index (χ0n) is 21.7. The van der Waals surface area contributed by atoms with Crippen molar-refractivity contribution >= 4 is 12.0 Å². The summed E-state index contributed by atoms with van der Waals surface area (Å²) in [5, 5.41) is 14.0. The Morgan fingerprint density at radius 3 is 2.47 bits per heavy atom. The van der Waals surface area contributed by atoms with Crippen LogP contribution in [0.4, 0.5) is 0 Å². The lowest BCUT2D eigenvalue weighted by molar-refractivity contribution is -0.140. The van der Waals surface area contributed by atoms with Crippen molar-refractivity contribution in [2.45, 2.75) is 83.7 Å². The van der Waals surface area contributed by atoms with Gasteiger partial charge in [0.1, 0.15) is 5.75 Å². The normalized spacial score (nSPS) is 17.9. The van der Waals surface area contributed by atoms with Crippen LogP contribution in [0.5, 0.6) is 5.75 Å². The average molecular weight is 464 g/mol. The van der Waals surface area contributed by atoms with Gasteiger partial charge in [0.2, 0.25) is 0 Å². The molecule has 0 saturated heterocycles. The largest absolute Gasteiger partial charge is 0.493 e. The van der Waals surface area contributed by atoms with Crippen LogP contribution in [0, 0.1) is 0 Å². The van der Waals surface area contributed by atoms with E-state index in [4.69, 9.17) is 4.74 Å². The summed E-state index contributed by atoms with van der Waals surface area (Å²) < 4.78 is 6.21. The van der Waals surface area contributed by atoms with Crippen molar-refractivity contribution in [3.05, 3.63) is 70.8 Å². The van der Waals surface area contributed by atoms with Gasteiger partial charge in [-0.05, 0) is 47.3 Å². The van der Waals surface area contributed by atoms with Crippen molar-refractivity contribution in [2.75, 3.05) is 13.2 Å². The third-order valence-electron chi connectivity index (χ3n) is 7.61. The maximum Gasteiger partial charge on any atom is 0.256 e. The van der Waals surface area contributed by atoms with Gasteiger partial charge >= 0.3 is 0 Å². The molecule has 2 aromatic carbocycles. The van der Waals surface area contributed by atoms with E-state index in [0.717, 1.165) is 24.2 Å². The smallest absolute Gasteiger partial charge is 0.256 e. The van der Waals surface area contributed by atoms with Gasteiger partial charge in [0.15, 0.2) is 5.60 Å². The predicted octanol–water partition coefficient (Wildman–Crippen LogP) is 6.25. The van der Waals surface area contributed by atoms with Crippen LogP contribution in [0.3, 0.4) is 0 Å². The van der Waals surface area contributed by atoms with Crippen LogP contribution in [0.1, 0.15) is 89.5 Å². The average Bonchev–Trinajstić information content (AvgIpc) is 2.84. The van der Waals surface area contributed by atoms with Crippen LogP contribution in [0.2, 0.25) is 0 Å². The lowest BCUT2D eigenvalue weighted by Crippen LogP contribution is -2.45. The molecule has 0 bridgehead atoms. The van der Waals surface area contributed by atoms with Gasteiger partial charge in [0.25, 0.3) is 5.91 Å². The Kier molecular flexibility index (Phi) is 7.92. The molecule has 1 amide bonds. The van der Waals surface area contributed by atoms with E-state index >= 15 is 0 Å². The summed E-state index contributed by atoms with van der Waals surface area (Å²) in [6.45, 7) is 14.5. The molecule has 0 fully saturated rings. The highest BCUT2D eigenvalue weighted by molar-refractivity contribution is 5.88. The van der Waals surface area contributed by atoms with Gasteiger partial charge in [-0.3, -0.25) is 4.79 Å². The third-order valence-corrected chi connectivity index (χ3v) is 7.61. The number of amides is 1. The third kappa shape index (κ3) is 5.38. The lowest BCUT2D eigenvalue weighted by Gasteiger charge is -2.31. The summed E-state index contributed by atoms with van der Waals surface area (Å²) in [7, 11) is 0. The molecule has 1 aliphatic carbocycles. The Morgan fingerprint density at radius 1 is 1.06 bits per heavy atom. The number of benzene rings is 2. The fourth-order valence-corrected chi connectivity index (χ4v) is 4.30. The van der Waals surface area contributed by atoms with Crippen molar-refractivity contribution < 1.29 is 14.6 Å². The van der Waals surface area contributed by atoms with E-state index in [1.54, 1.807) is 0 Å². The fourth-order valence-electron chi connectivity index (χ4n) is 4.30. The maximum absolute atomic E-state index is 12.9. The summed E-state index contributed by atoms with van der Waals surface area (Å²) in [5.74, 6) is 0.557. The molecular weight excluding hydrogens is 422 g/mol. The zero-order chi connectivity index (χ0) is 25.0. The Balaban J connectivity index is 1.62. The van der Waals surface area contributed by atoms with Crippen LogP contribution in [-0.2, 0) is 21.2 Å². The van der Waals surface area contributed by atoms with Crippen LogP contribution in [0.15, 0.2) is 48.5 Å². The Hall–Kier alpha value is -2.59. The molecule has 0 saturated carbocycles. The molecular formula is C30H41NO3. The topological polar surface area (TPSA) is 58.6 Å². The van der Waals surface area contributed by atoms with Gasteiger partial charge in [-0.15, -0.1) is 0 Å². The summed E-state index contributed by atoms with van der Waals surface area (Å²) in [5.41, 5.74) is 2.72. The first-order valence-electron chi connectivity index (χ1n) is 12.6. The predicted molar refractivity (Wildman–Crippen MR) is 140 cm³/mol. The Labute approximate surface area is 205 Å². The highest BCUT2D eigenvalue weighted by Gasteiger charge is 2.39. The van der Waals surface area contributed by atoms with E-state index in [1.807, 2.05) is 36.4 Å². The number of carbonyl (C=O) groups excluding carboxylic acids is 1. The SMILES string of the molecule is CCC(C)(C)c1ccc(OCCCNC(=O)C2(O)CC=Cc3ccccc32)c(C(C)(C)CC)c1. The van der Waals surface area contributed by atoms with Gasteiger partial charge in [-0.1, -0.05) is 90.1 Å². The number of aliphatic hydroxyl groups is 1. The molecule has 4 nitrogen and oxygen atoms in total. The monoisotopic (exact) mass is 463 g/mol. The van der Waals surface area contributed by atoms with Crippen molar-refractivity contribution in [3.8, 4) is 5.75 Å². The van der Waals surface area contributed by atoms with Gasteiger partial charge in [-0.25, -0.2) is 0 Å². The molecule has 2 N–H and O–H groups in total. The van der Waals surface area contributed by atoms with E-state index in [-0.39, 0.29) is 23.2 Å². The number of ether oxygens (including phenoxy) is 1. The lowest BCUT2D eigenvalue weighted by atomic mass is 9.76. The van der Waals surface area contributed by atoms with E-state index in [2.05, 4.69) is 65.1 Å². The summed E-state index contributed by atoms with van der Waals surface area (Å²) in [4.78, 5) is 12.9. The first kappa shape index (κ1) is 26.0. The molecule has 0 heterocycles. The first-order chi connectivity index (χ1) is 16.0. The number of nitrogens with one attached hydrogen (secondary N) is 1. The minimum absolute atomic E-state index is 0.00847. The van der Waals surface area contributed by atoms with Crippen LogP contribution >= 0.6 is 0 Å². The molecule has 4 heteroatoms. The van der Waals surface area contributed by atoms with Crippen LogP contribution in [-0.4, -0.2) is 24.2 Å². The van der Waals surface area contributed by atoms with Crippen molar-refractivity contribution in [2.24, 2.45) is 0 Å². The molecule has 0 spiro atoms. The van der Waals surface area contributed by atoms with Crippen LogP contribution in [0.25, 0.3) is 6.08 Å². The molecule has 1 aliphatic rings. The van der Waals surface area contributed by atoms with Crippen molar-refractivity contribution in [1.29, 1.82) is 0 Å². The van der Waals surface area contributed by atoms with E-state index in [9.17, 15) is 9.90 Å². The second kappa shape index (κ2) is 10.4. The standard InChI is InChI=1S/C30H41NO3/c1-7-28(3,4)23-16-17-26(25(21-23)29(5,6)8-2)34-20-12-19-31-27(32)30(33)18-11-14-22-13-9-10-15-24(22)30/h9-11,13-17,21,33H,7-8,12,18-20H2,1-6H3,(H,31,32). The Morgan fingerprint density at radius 2 is 1.76 bits per heavy atom. The van der Waals surface area contributed by atoms with E-state index in [0.29, 0.717) is 25.1 Å². The molecule has 1 unspecified atom stereocenters. The quantitative estimate of drug-likeness (QED) is 0.409.